The number of hydrogen-bond acceptors (Lipinski definition) is 3. The topological polar surface area (TPSA) is 15.6 Å². The smallest absolute Gasteiger partial charge is 0.0550 e. The summed E-state index contributed by atoms with van der Waals surface area (Å²) in [6.07, 6.45) is 8.53. The molecule has 1 aliphatic rings. The maximum absolute atomic E-state index is 3.71. The minimum absolute atomic E-state index is 0.704. The SMILES string of the molecule is C=NC(=C)/C=C\C=C/SCC1CCN(C)CC1. The number of piperidine rings is 1. The van der Waals surface area contributed by atoms with E-state index in [1.807, 2.05) is 30.0 Å². The van der Waals surface area contributed by atoms with Crippen molar-refractivity contribution >= 4 is 18.5 Å². The molecule has 0 aromatic heterocycles. The Morgan fingerprint density at radius 3 is 2.76 bits per heavy atom. The van der Waals surface area contributed by atoms with Crippen molar-refractivity contribution in [1.29, 1.82) is 0 Å². The predicted octanol–water partition coefficient (Wildman–Crippen LogP) is 3.35. The van der Waals surface area contributed by atoms with Crippen molar-refractivity contribution < 1.29 is 0 Å². The summed E-state index contributed by atoms with van der Waals surface area (Å²) in [6.45, 7) is 9.62. The fraction of sp³-hybridized carbons (Fsp3) is 0.500. The number of hydrogen-bond donors (Lipinski definition) is 0. The van der Waals surface area contributed by atoms with E-state index in [0.717, 1.165) is 5.92 Å². The highest BCUT2D eigenvalue weighted by atomic mass is 32.2. The molecule has 0 bridgehead atoms. The van der Waals surface area contributed by atoms with E-state index in [-0.39, 0.29) is 0 Å². The lowest BCUT2D eigenvalue weighted by Crippen LogP contribution is -2.30. The molecule has 3 heteroatoms. The lowest BCUT2D eigenvalue weighted by atomic mass is 10.00. The molecule has 0 aliphatic carbocycles. The number of nitrogens with zero attached hydrogens (tertiary/aromatic N) is 2. The predicted molar refractivity (Wildman–Crippen MR) is 79.6 cm³/mol. The van der Waals surface area contributed by atoms with E-state index in [4.69, 9.17) is 0 Å². The van der Waals surface area contributed by atoms with Gasteiger partial charge in [0.05, 0.1) is 5.70 Å². The van der Waals surface area contributed by atoms with Gasteiger partial charge in [0, 0.05) is 5.75 Å². The van der Waals surface area contributed by atoms with Crippen molar-refractivity contribution in [1.82, 2.24) is 4.90 Å². The largest absolute Gasteiger partial charge is 0.306 e. The maximum Gasteiger partial charge on any atom is 0.0550 e. The molecule has 0 atom stereocenters. The first kappa shape index (κ1) is 14.3. The van der Waals surface area contributed by atoms with Crippen LogP contribution in [0.5, 0.6) is 0 Å². The summed E-state index contributed by atoms with van der Waals surface area (Å²) >= 11 is 1.89. The Morgan fingerprint density at radius 2 is 2.12 bits per heavy atom. The van der Waals surface area contributed by atoms with Crippen LogP contribution in [0.2, 0.25) is 0 Å². The normalized spacial score (nSPS) is 19.1. The van der Waals surface area contributed by atoms with Crippen molar-refractivity contribution in [2.24, 2.45) is 10.9 Å². The van der Waals surface area contributed by atoms with Crippen LogP contribution in [-0.4, -0.2) is 37.5 Å². The van der Waals surface area contributed by atoms with E-state index in [0.29, 0.717) is 5.70 Å². The molecule has 1 fully saturated rings. The fourth-order valence-electron chi connectivity index (χ4n) is 1.74. The minimum atomic E-state index is 0.704. The highest BCUT2D eigenvalue weighted by molar-refractivity contribution is 8.02. The second kappa shape index (κ2) is 8.31. The van der Waals surface area contributed by atoms with Gasteiger partial charge in [-0.15, -0.1) is 11.8 Å². The Hall–Kier alpha value is -0.800. The second-order valence-corrected chi connectivity index (χ2v) is 5.36. The highest BCUT2D eigenvalue weighted by Crippen LogP contribution is 2.21. The van der Waals surface area contributed by atoms with Gasteiger partial charge in [0.15, 0.2) is 0 Å². The molecule has 1 saturated heterocycles. The Bertz CT molecular complexity index is 299. The van der Waals surface area contributed by atoms with Crippen molar-refractivity contribution in [2.45, 2.75) is 12.8 Å². The zero-order chi connectivity index (χ0) is 12.5. The van der Waals surface area contributed by atoms with Gasteiger partial charge in [0.2, 0.25) is 0 Å². The van der Waals surface area contributed by atoms with Gasteiger partial charge in [-0.1, -0.05) is 18.7 Å². The third kappa shape index (κ3) is 6.49. The minimum Gasteiger partial charge on any atom is -0.306 e. The van der Waals surface area contributed by atoms with E-state index in [1.165, 1.54) is 31.7 Å². The zero-order valence-corrected chi connectivity index (χ0v) is 11.5. The van der Waals surface area contributed by atoms with Crippen LogP contribution >= 0.6 is 11.8 Å². The fourth-order valence-corrected chi connectivity index (χ4v) is 2.66. The van der Waals surface area contributed by atoms with Gasteiger partial charge in [-0.25, -0.2) is 0 Å². The van der Waals surface area contributed by atoms with Gasteiger partial charge in [-0.2, -0.15) is 0 Å². The van der Waals surface area contributed by atoms with Crippen LogP contribution in [0.25, 0.3) is 0 Å². The molecule has 17 heavy (non-hydrogen) atoms. The quantitative estimate of drug-likeness (QED) is 0.531. The van der Waals surface area contributed by atoms with E-state index in [2.05, 4.69) is 35.6 Å². The van der Waals surface area contributed by atoms with Crippen molar-refractivity contribution in [2.75, 3.05) is 25.9 Å². The van der Waals surface area contributed by atoms with Crippen LogP contribution in [0.1, 0.15) is 12.8 Å². The van der Waals surface area contributed by atoms with Crippen molar-refractivity contribution in [3.63, 3.8) is 0 Å². The summed E-state index contributed by atoms with van der Waals surface area (Å²) in [7, 11) is 2.20. The lowest BCUT2D eigenvalue weighted by Gasteiger charge is -2.28. The van der Waals surface area contributed by atoms with Crippen LogP contribution in [-0.2, 0) is 0 Å². The molecule has 0 amide bonds. The Labute approximate surface area is 109 Å². The van der Waals surface area contributed by atoms with Crippen molar-refractivity contribution in [3.8, 4) is 0 Å². The third-order valence-electron chi connectivity index (χ3n) is 2.95. The molecule has 1 rings (SSSR count). The van der Waals surface area contributed by atoms with Crippen LogP contribution in [0.3, 0.4) is 0 Å². The number of rotatable bonds is 6. The first-order valence-corrected chi connectivity index (χ1v) is 7.06. The third-order valence-corrected chi connectivity index (χ3v) is 3.96. The highest BCUT2D eigenvalue weighted by Gasteiger charge is 2.15. The van der Waals surface area contributed by atoms with E-state index in [1.54, 1.807) is 0 Å². The summed E-state index contributed by atoms with van der Waals surface area (Å²) < 4.78 is 0. The number of allylic oxidation sites excluding steroid dienone is 3. The second-order valence-electron chi connectivity index (χ2n) is 4.42. The standard InChI is InChI=1S/C14H22N2S/c1-13(15-2)6-4-5-11-17-12-14-7-9-16(3)10-8-14/h4-6,11,14H,1-2,7-10,12H2,3H3/b6-4-,11-5-. The van der Waals surface area contributed by atoms with Crippen molar-refractivity contribution in [3.05, 3.63) is 35.9 Å². The van der Waals surface area contributed by atoms with Crippen LogP contribution in [0.15, 0.2) is 40.9 Å². The van der Waals surface area contributed by atoms with E-state index >= 15 is 0 Å². The molecule has 0 aromatic carbocycles. The van der Waals surface area contributed by atoms with Crippen LogP contribution in [0.4, 0.5) is 0 Å². The molecule has 2 nitrogen and oxygen atoms in total. The Kier molecular flexibility index (Phi) is 6.97. The van der Waals surface area contributed by atoms with Gasteiger partial charge in [0.1, 0.15) is 0 Å². The lowest BCUT2D eigenvalue weighted by molar-refractivity contribution is 0.232. The molecular weight excluding hydrogens is 228 g/mol. The van der Waals surface area contributed by atoms with Crippen LogP contribution < -0.4 is 0 Å². The van der Waals surface area contributed by atoms with E-state index < -0.39 is 0 Å². The number of thioether (sulfide) groups is 1. The maximum atomic E-state index is 3.71. The molecule has 0 spiro atoms. The summed E-state index contributed by atoms with van der Waals surface area (Å²) in [4.78, 5) is 6.12. The van der Waals surface area contributed by atoms with Gasteiger partial charge in [-0.3, -0.25) is 4.99 Å². The average Bonchev–Trinajstić information content (AvgIpc) is 2.35. The molecule has 0 saturated carbocycles. The number of likely N-dealkylation sites (tertiary alicyclic amines) is 1. The monoisotopic (exact) mass is 250 g/mol. The molecule has 0 N–H and O–H groups in total. The number of aliphatic imine (C=N–C) groups is 1. The molecule has 0 aromatic rings. The first-order chi connectivity index (χ1) is 8.22. The van der Waals surface area contributed by atoms with E-state index in [9.17, 15) is 0 Å². The first-order valence-electron chi connectivity index (χ1n) is 6.01. The Morgan fingerprint density at radius 1 is 1.41 bits per heavy atom. The molecule has 0 unspecified atom stereocenters. The van der Waals surface area contributed by atoms with Gasteiger partial charge in [0.25, 0.3) is 0 Å². The molecule has 1 heterocycles. The summed E-state index contributed by atoms with van der Waals surface area (Å²) in [5.74, 6) is 2.12. The average molecular weight is 250 g/mol. The molecule has 94 valence electrons. The van der Waals surface area contributed by atoms with Gasteiger partial charge in [-0.05, 0) is 57.1 Å². The molecular formula is C14H22N2S. The Balaban J connectivity index is 2.11. The zero-order valence-electron chi connectivity index (χ0n) is 10.6. The molecule has 0 radical (unpaired) electrons. The summed E-state index contributed by atoms with van der Waals surface area (Å²) in [6, 6.07) is 0. The summed E-state index contributed by atoms with van der Waals surface area (Å²) in [5, 5.41) is 2.14. The summed E-state index contributed by atoms with van der Waals surface area (Å²) in [5.41, 5.74) is 0.704. The van der Waals surface area contributed by atoms with Gasteiger partial charge >= 0.3 is 0 Å². The van der Waals surface area contributed by atoms with Gasteiger partial charge < -0.3 is 4.90 Å². The molecule has 1 aliphatic heterocycles. The van der Waals surface area contributed by atoms with Crippen LogP contribution in [0, 0.1) is 5.92 Å².